The Balaban J connectivity index is 1.88. The van der Waals surface area contributed by atoms with Crippen LogP contribution in [0.1, 0.15) is 30.4 Å². The van der Waals surface area contributed by atoms with Crippen molar-refractivity contribution in [1.29, 1.82) is 0 Å². The number of hydrogen-bond acceptors (Lipinski definition) is 6. The molecule has 2 aromatic heterocycles. The van der Waals surface area contributed by atoms with Gasteiger partial charge in [-0.25, -0.2) is 4.98 Å². The first-order valence-electron chi connectivity index (χ1n) is 4.66. The Morgan fingerprint density at radius 3 is 3.07 bits per heavy atom. The molecule has 0 radical (unpaired) electrons. The third-order valence-electron chi connectivity index (χ3n) is 2.03. The van der Waals surface area contributed by atoms with E-state index in [0.717, 1.165) is 5.69 Å². The van der Waals surface area contributed by atoms with Gasteiger partial charge in [-0.15, -0.1) is 11.3 Å². The summed E-state index contributed by atoms with van der Waals surface area (Å²) in [6, 6.07) is 0.204. The maximum absolute atomic E-state index is 4.87. The van der Waals surface area contributed by atoms with Crippen LogP contribution in [0.3, 0.4) is 0 Å². The molecule has 1 N–H and O–H groups in total. The first kappa shape index (κ1) is 10.3. The Morgan fingerprint density at radius 1 is 1.60 bits per heavy atom. The van der Waals surface area contributed by atoms with Gasteiger partial charge in [-0.2, -0.15) is 4.98 Å². The van der Waals surface area contributed by atoms with Gasteiger partial charge in [0.25, 0.3) is 0 Å². The summed E-state index contributed by atoms with van der Waals surface area (Å²) in [6.45, 7) is 4.43. The van der Waals surface area contributed by atoms with Crippen LogP contribution >= 0.6 is 11.3 Å². The van der Waals surface area contributed by atoms with Crippen molar-refractivity contribution in [3.05, 3.63) is 28.3 Å². The lowest BCUT2D eigenvalue weighted by Gasteiger charge is -2.08. The van der Waals surface area contributed by atoms with Crippen LogP contribution in [0.5, 0.6) is 0 Å². The number of aryl methyl sites for hydroxylation is 1. The second kappa shape index (κ2) is 4.50. The predicted molar refractivity (Wildman–Crippen MR) is 56.4 cm³/mol. The van der Waals surface area contributed by atoms with Gasteiger partial charge in [-0.1, -0.05) is 5.16 Å². The Hall–Kier alpha value is -1.27. The lowest BCUT2D eigenvalue weighted by molar-refractivity contribution is 0.384. The van der Waals surface area contributed by atoms with Crippen molar-refractivity contribution >= 4 is 11.3 Å². The van der Waals surface area contributed by atoms with Gasteiger partial charge in [0.05, 0.1) is 17.7 Å². The molecule has 2 rings (SSSR count). The number of aromatic nitrogens is 3. The van der Waals surface area contributed by atoms with Crippen molar-refractivity contribution in [1.82, 2.24) is 20.4 Å². The van der Waals surface area contributed by atoms with Crippen LogP contribution < -0.4 is 5.32 Å². The fourth-order valence-electron chi connectivity index (χ4n) is 1.20. The number of nitrogens with zero attached hydrogens (tertiary/aromatic N) is 3. The molecule has 6 heteroatoms. The molecule has 0 aliphatic carbocycles. The Morgan fingerprint density at radius 2 is 2.47 bits per heavy atom. The molecule has 2 aromatic rings. The van der Waals surface area contributed by atoms with E-state index in [9.17, 15) is 0 Å². The first-order chi connectivity index (χ1) is 7.25. The molecule has 1 unspecified atom stereocenters. The standard InChI is InChI=1S/C9H12N4OS/c1-6(8-4-15-5-11-8)10-3-9-12-7(2)14-13-9/h4-6,10H,3H2,1-2H3. The van der Waals surface area contributed by atoms with Gasteiger partial charge in [-0.3, -0.25) is 0 Å². The van der Waals surface area contributed by atoms with Crippen LogP contribution in [-0.4, -0.2) is 15.1 Å². The SMILES string of the molecule is Cc1nc(CNC(C)c2cscn2)no1. The van der Waals surface area contributed by atoms with Crippen LogP contribution in [0.15, 0.2) is 15.4 Å². The molecule has 2 heterocycles. The van der Waals surface area contributed by atoms with Gasteiger partial charge in [0.1, 0.15) is 0 Å². The van der Waals surface area contributed by atoms with Gasteiger partial charge in [0.2, 0.25) is 5.89 Å². The van der Waals surface area contributed by atoms with Crippen LogP contribution in [0.25, 0.3) is 0 Å². The molecule has 0 saturated heterocycles. The molecular formula is C9H12N4OS. The van der Waals surface area contributed by atoms with Crippen molar-refractivity contribution in [2.24, 2.45) is 0 Å². The molecule has 0 amide bonds. The van der Waals surface area contributed by atoms with Crippen LogP contribution in [0.2, 0.25) is 0 Å². The quantitative estimate of drug-likeness (QED) is 0.856. The summed E-state index contributed by atoms with van der Waals surface area (Å²) in [5.41, 5.74) is 2.87. The lowest BCUT2D eigenvalue weighted by Crippen LogP contribution is -2.19. The minimum absolute atomic E-state index is 0.204. The average molecular weight is 224 g/mol. The fraction of sp³-hybridized carbons (Fsp3) is 0.444. The van der Waals surface area contributed by atoms with Gasteiger partial charge >= 0.3 is 0 Å². The van der Waals surface area contributed by atoms with E-state index in [-0.39, 0.29) is 6.04 Å². The average Bonchev–Trinajstić information content (AvgIpc) is 2.84. The van der Waals surface area contributed by atoms with Gasteiger partial charge in [0, 0.05) is 18.3 Å². The summed E-state index contributed by atoms with van der Waals surface area (Å²) >= 11 is 1.59. The van der Waals surface area contributed by atoms with Gasteiger partial charge in [-0.05, 0) is 6.92 Å². The zero-order valence-electron chi connectivity index (χ0n) is 8.60. The summed E-state index contributed by atoms with van der Waals surface area (Å²) in [4.78, 5) is 8.33. The van der Waals surface area contributed by atoms with Crippen molar-refractivity contribution < 1.29 is 4.52 Å². The molecule has 15 heavy (non-hydrogen) atoms. The van der Waals surface area contributed by atoms with Crippen LogP contribution in [-0.2, 0) is 6.54 Å². The molecule has 80 valence electrons. The molecule has 0 fully saturated rings. The molecule has 5 nitrogen and oxygen atoms in total. The maximum atomic E-state index is 4.87. The van der Waals surface area contributed by atoms with Gasteiger partial charge < -0.3 is 9.84 Å². The zero-order chi connectivity index (χ0) is 10.7. The summed E-state index contributed by atoms with van der Waals surface area (Å²) in [6.07, 6.45) is 0. The number of nitrogens with one attached hydrogen (secondary N) is 1. The van der Waals surface area contributed by atoms with Crippen LogP contribution in [0.4, 0.5) is 0 Å². The van der Waals surface area contributed by atoms with Crippen molar-refractivity contribution in [2.75, 3.05) is 0 Å². The topological polar surface area (TPSA) is 63.8 Å². The Labute approximate surface area is 91.5 Å². The lowest BCUT2D eigenvalue weighted by atomic mass is 10.2. The Kier molecular flexibility index (Phi) is 3.08. The third-order valence-corrected chi connectivity index (χ3v) is 2.64. The molecule has 0 spiro atoms. The van der Waals surface area contributed by atoms with Crippen molar-refractivity contribution in [2.45, 2.75) is 26.4 Å². The predicted octanol–water partition coefficient (Wildman–Crippen LogP) is 1.69. The van der Waals surface area contributed by atoms with E-state index in [2.05, 4.69) is 27.4 Å². The summed E-state index contributed by atoms with van der Waals surface area (Å²) < 4.78 is 4.87. The van der Waals surface area contributed by atoms with Crippen LogP contribution in [0, 0.1) is 6.92 Å². The maximum Gasteiger partial charge on any atom is 0.223 e. The van der Waals surface area contributed by atoms with Crippen molar-refractivity contribution in [3.8, 4) is 0 Å². The molecule has 0 saturated carbocycles. The molecule has 1 atom stereocenters. The normalized spacial score (nSPS) is 12.9. The first-order valence-corrected chi connectivity index (χ1v) is 5.60. The van der Waals surface area contributed by atoms with E-state index in [4.69, 9.17) is 4.52 Å². The Bertz CT molecular complexity index is 411. The summed E-state index contributed by atoms with van der Waals surface area (Å²) in [5.74, 6) is 1.27. The van der Waals surface area contributed by atoms with E-state index in [1.165, 1.54) is 0 Å². The highest BCUT2D eigenvalue weighted by atomic mass is 32.1. The molecule has 0 aromatic carbocycles. The fourth-order valence-corrected chi connectivity index (χ4v) is 1.85. The number of hydrogen-bond donors (Lipinski definition) is 1. The molecular weight excluding hydrogens is 212 g/mol. The third kappa shape index (κ3) is 2.60. The number of rotatable bonds is 4. The van der Waals surface area contributed by atoms with E-state index >= 15 is 0 Å². The monoisotopic (exact) mass is 224 g/mol. The highest BCUT2D eigenvalue weighted by Gasteiger charge is 2.08. The molecule has 0 aliphatic rings. The van der Waals surface area contributed by atoms with E-state index in [1.807, 2.05) is 10.9 Å². The minimum atomic E-state index is 0.204. The second-order valence-electron chi connectivity index (χ2n) is 3.25. The van der Waals surface area contributed by atoms with Gasteiger partial charge in [0.15, 0.2) is 5.82 Å². The molecule has 0 aliphatic heterocycles. The second-order valence-corrected chi connectivity index (χ2v) is 3.96. The summed E-state index contributed by atoms with van der Waals surface area (Å²) in [5, 5.41) is 9.10. The van der Waals surface area contributed by atoms with E-state index in [1.54, 1.807) is 18.3 Å². The van der Waals surface area contributed by atoms with E-state index in [0.29, 0.717) is 18.3 Å². The smallest absolute Gasteiger partial charge is 0.223 e. The molecule has 0 bridgehead atoms. The zero-order valence-corrected chi connectivity index (χ0v) is 9.41. The minimum Gasteiger partial charge on any atom is -0.340 e. The largest absolute Gasteiger partial charge is 0.340 e. The highest BCUT2D eigenvalue weighted by molar-refractivity contribution is 7.07. The number of thiazole rings is 1. The highest BCUT2D eigenvalue weighted by Crippen LogP contribution is 2.12. The summed E-state index contributed by atoms with van der Waals surface area (Å²) in [7, 11) is 0. The van der Waals surface area contributed by atoms with E-state index < -0.39 is 0 Å². The van der Waals surface area contributed by atoms with Crippen molar-refractivity contribution in [3.63, 3.8) is 0 Å².